The van der Waals surface area contributed by atoms with Crippen LogP contribution in [-0.2, 0) is 6.42 Å². The summed E-state index contributed by atoms with van der Waals surface area (Å²) in [5.41, 5.74) is 10.3. The number of thiazole rings is 1. The molecule has 0 fully saturated rings. The molecular formula is C14H19N3S. The van der Waals surface area contributed by atoms with Gasteiger partial charge in [0.25, 0.3) is 0 Å². The van der Waals surface area contributed by atoms with E-state index < -0.39 is 0 Å². The van der Waals surface area contributed by atoms with Crippen LogP contribution in [0.2, 0.25) is 0 Å². The van der Waals surface area contributed by atoms with Gasteiger partial charge in [-0.2, -0.15) is 0 Å². The van der Waals surface area contributed by atoms with E-state index in [-0.39, 0.29) is 0 Å². The van der Waals surface area contributed by atoms with Crippen molar-refractivity contribution in [1.29, 1.82) is 0 Å². The maximum absolute atomic E-state index is 5.59. The van der Waals surface area contributed by atoms with Crippen molar-refractivity contribution in [2.45, 2.75) is 27.2 Å². The fourth-order valence-electron chi connectivity index (χ4n) is 2.01. The monoisotopic (exact) mass is 261 g/mol. The number of nitrogens with zero attached hydrogens (tertiary/aromatic N) is 1. The summed E-state index contributed by atoms with van der Waals surface area (Å²) in [6.07, 6.45) is 0.901. The van der Waals surface area contributed by atoms with Gasteiger partial charge in [0.1, 0.15) is 0 Å². The van der Waals surface area contributed by atoms with Crippen molar-refractivity contribution in [3.63, 3.8) is 0 Å². The van der Waals surface area contributed by atoms with Gasteiger partial charge in [-0.3, -0.25) is 0 Å². The number of rotatable bonds is 4. The van der Waals surface area contributed by atoms with Crippen LogP contribution in [0.1, 0.15) is 21.7 Å². The van der Waals surface area contributed by atoms with E-state index in [1.807, 2.05) is 6.92 Å². The Hall–Kier alpha value is -1.39. The second-order valence-corrected chi connectivity index (χ2v) is 5.65. The van der Waals surface area contributed by atoms with E-state index >= 15 is 0 Å². The number of aromatic nitrogens is 1. The molecule has 0 unspecified atom stereocenters. The van der Waals surface area contributed by atoms with Crippen molar-refractivity contribution in [1.82, 2.24) is 4.98 Å². The van der Waals surface area contributed by atoms with Gasteiger partial charge < -0.3 is 11.1 Å². The van der Waals surface area contributed by atoms with Crippen LogP contribution in [0, 0.1) is 20.8 Å². The van der Waals surface area contributed by atoms with E-state index in [1.54, 1.807) is 11.3 Å². The smallest absolute Gasteiger partial charge is 0.187 e. The standard InChI is InChI=1S/C14H19N3S/c1-9-6-10(2)8-12(7-9)17-14-16-11(3)13(18-14)4-5-15/h6-8H,4-5,15H2,1-3H3,(H,16,17). The van der Waals surface area contributed by atoms with Crippen molar-refractivity contribution in [3.05, 3.63) is 39.9 Å². The summed E-state index contributed by atoms with van der Waals surface area (Å²) < 4.78 is 0. The Morgan fingerprint density at radius 2 is 1.83 bits per heavy atom. The third-order valence-electron chi connectivity index (χ3n) is 2.74. The van der Waals surface area contributed by atoms with Crippen molar-refractivity contribution in [2.24, 2.45) is 5.73 Å². The van der Waals surface area contributed by atoms with Crippen molar-refractivity contribution in [2.75, 3.05) is 11.9 Å². The third-order valence-corrected chi connectivity index (χ3v) is 3.87. The van der Waals surface area contributed by atoms with Gasteiger partial charge in [0.2, 0.25) is 0 Å². The summed E-state index contributed by atoms with van der Waals surface area (Å²) in [7, 11) is 0. The maximum Gasteiger partial charge on any atom is 0.187 e. The van der Waals surface area contributed by atoms with Gasteiger partial charge in [-0.15, -0.1) is 11.3 Å². The highest BCUT2D eigenvalue weighted by Crippen LogP contribution is 2.26. The molecule has 0 amide bonds. The Morgan fingerprint density at radius 3 is 2.44 bits per heavy atom. The minimum Gasteiger partial charge on any atom is -0.332 e. The van der Waals surface area contributed by atoms with E-state index in [4.69, 9.17) is 5.73 Å². The first-order valence-electron chi connectivity index (χ1n) is 6.10. The summed E-state index contributed by atoms with van der Waals surface area (Å²) in [5.74, 6) is 0. The van der Waals surface area contributed by atoms with Gasteiger partial charge >= 0.3 is 0 Å². The van der Waals surface area contributed by atoms with Gasteiger partial charge in [0, 0.05) is 10.6 Å². The van der Waals surface area contributed by atoms with Crippen molar-refractivity contribution < 1.29 is 0 Å². The molecular weight excluding hydrogens is 242 g/mol. The summed E-state index contributed by atoms with van der Waals surface area (Å²) >= 11 is 1.69. The predicted octanol–water partition coefficient (Wildman–Crippen LogP) is 3.31. The second-order valence-electron chi connectivity index (χ2n) is 4.57. The zero-order chi connectivity index (χ0) is 13.1. The molecule has 18 heavy (non-hydrogen) atoms. The predicted molar refractivity (Wildman–Crippen MR) is 78.8 cm³/mol. The van der Waals surface area contributed by atoms with E-state index in [1.165, 1.54) is 16.0 Å². The topological polar surface area (TPSA) is 50.9 Å². The average molecular weight is 261 g/mol. The highest BCUT2D eigenvalue weighted by Gasteiger charge is 2.07. The van der Waals surface area contributed by atoms with Crippen LogP contribution in [0.5, 0.6) is 0 Å². The summed E-state index contributed by atoms with van der Waals surface area (Å²) in [4.78, 5) is 5.80. The highest BCUT2D eigenvalue weighted by atomic mass is 32.1. The zero-order valence-corrected chi connectivity index (χ0v) is 11.9. The molecule has 0 bridgehead atoms. The third kappa shape index (κ3) is 3.09. The van der Waals surface area contributed by atoms with Crippen LogP contribution in [0.15, 0.2) is 18.2 Å². The number of nitrogens with two attached hydrogens (primary N) is 1. The van der Waals surface area contributed by atoms with Crippen LogP contribution < -0.4 is 11.1 Å². The van der Waals surface area contributed by atoms with Gasteiger partial charge in [0.05, 0.1) is 5.69 Å². The van der Waals surface area contributed by atoms with Crippen LogP contribution in [0.3, 0.4) is 0 Å². The molecule has 0 aliphatic heterocycles. The lowest BCUT2D eigenvalue weighted by molar-refractivity contribution is 0.970. The summed E-state index contributed by atoms with van der Waals surface area (Å²) in [6.45, 7) is 6.91. The zero-order valence-electron chi connectivity index (χ0n) is 11.1. The number of hydrogen-bond acceptors (Lipinski definition) is 4. The average Bonchev–Trinajstić information content (AvgIpc) is 2.58. The molecule has 1 heterocycles. The molecule has 1 aromatic heterocycles. The minimum absolute atomic E-state index is 0.673. The lowest BCUT2D eigenvalue weighted by Gasteiger charge is -2.05. The molecule has 96 valence electrons. The quantitative estimate of drug-likeness (QED) is 0.887. The Kier molecular flexibility index (Phi) is 3.99. The summed E-state index contributed by atoms with van der Waals surface area (Å²) in [6, 6.07) is 6.43. The molecule has 3 N–H and O–H groups in total. The van der Waals surface area contributed by atoms with E-state index in [0.29, 0.717) is 6.54 Å². The van der Waals surface area contributed by atoms with Crippen LogP contribution in [0.25, 0.3) is 0 Å². The molecule has 0 spiro atoms. The molecule has 0 atom stereocenters. The molecule has 0 radical (unpaired) electrons. The molecule has 0 aliphatic rings. The van der Waals surface area contributed by atoms with Gasteiger partial charge in [-0.1, -0.05) is 6.07 Å². The van der Waals surface area contributed by atoms with Gasteiger partial charge in [-0.25, -0.2) is 4.98 Å². The molecule has 0 aliphatic carbocycles. The van der Waals surface area contributed by atoms with Crippen molar-refractivity contribution >= 4 is 22.2 Å². The fraction of sp³-hybridized carbons (Fsp3) is 0.357. The molecule has 3 nitrogen and oxygen atoms in total. The number of benzene rings is 1. The van der Waals surface area contributed by atoms with Crippen LogP contribution >= 0.6 is 11.3 Å². The Bertz CT molecular complexity index is 526. The molecule has 0 saturated heterocycles. The molecule has 4 heteroatoms. The number of aryl methyl sites for hydroxylation is 3. The lowest BCUT2D eigenvalue weighted by atomic mass is 10.1. The van der Waals surface area contributed by atoms with Crippen molar-refractivity contribution in [3.8, 4) is 0 Å². The first-order chi connectivity index (χ1) is 8.58. The largest absolute Gasteiger partial charge is 0.332 e. The Balaban J connectivity index is 2.20. The Labute approximate surface area is 112 Å². The number of nitrogens with one attached hydrogen (secondary N) is 1. The summed E-state index contributed by atoms with van der Waals surface area (Å²) in [5, 5.41) is 4.32. The lowest BCUT2D eigenvalue weighted by Crippen LogP contribution is -2.01. The maximum atomic E-state index is 5.59. The SMILES string of the molecule is Cc1cc(C)cc(Nc2nc(C)c(CCN)s2)c1. The van der Waals surface area contributed by atoms with E-state index in [0.717, 1.165) is 22.9 Å². The van der Waals surface area contributed by atoms with Gasteiger partial charge in [0.15, 0.2) is 5.13 Å². The van der Waals surface area contributed by atoms with Crippen LogP contribution in [0.4, 0.5) is 10.8 Å². The van der Waals surface area contributed by atoms with E-state index in [2.05, 4.69) is 42.3 Å². The Morgan fingerprint density at radius 1 is 1.17 bits per heavy atom. The first kappa shape index (κ1) is 13.1. The normalized spacial score (nSPS) is 10.7. The molecule has 0 saturated carbocycles. The number of hydrogen-bond donors (Lipinski definition) is 2. The first-order valence-corrected chi connectivity index (χ1v) is 6.92. The molecule has 2 aromatic rings. The molecule has 1 aromatic carbocycles. The van der Waals surface area contributed by atoms with Crippen LogP contribution in [-0.4, -0.2) is 11.5 Å². The fourth-order valence-corrected chi connectivity index (χ4v) is 3.01. The number of anilines is 2. The highest BCUT2D eigenvalue weighted by molar-refractivity contribution is 7.15. The van der Waals surface area contributed by atoms with E-state index in [9.17, 15) is 0 Å². The molecule has 2 rings (SSSR count). The minimum atomic E-state index is 0.673. The van der Waals surface area contributed by atoms with Gasteiger partial charge in [-0.05, 0) is 57.0 Å². The second kappa shape index (κ2) is 5.50.